The van der Waals surface area contributed by atoms with Crippen molar-refractivity contribution < 1.29 is 19.5 Å². The average Bonchev–Trinajstić information content (AvgIpc) is 3.33. The predicted molar refractivity (Wildman–Crippen MR) is 113 cm³/mol. The first-order chi connectivity index (χ1) is 14.1. The monoisotopic (exact) mass is 457 g/mol. The van der Waals surface area contributed by atoms with Crippen LogP contribution in [0.15, 0.2) is 57.2 Å². The molecule has 1 aromatic heterocycles. The van der Waals surface area contributed by atoms with Crippen molar-refractivity contribution in [3.05, 3.63) is 52.5 Å². The van der Waals surface area contributed by atoms with Gasteiger partial charge in [-0.25, -0.2) is 0 Å². The van der Waals surface area contributed by atoms with Crippen LogP contribution in [0.4, 0.5) is 5.69 Å². The number of hydrogen-bond acceptors (Lipinski definition) is 4. The van der Waals surface area contributed by atoms with Crippen molar-refractivity contribution in [1.82, 2.24) is 4.57 Å². The van der Waals surface area contributed by atoms with Gasteiger partial charge in [0, 0.05) is 28.3 Å². The first-order valence-corrected chi connectivity index (χ1v) is 10.3. The lowest BCUT2D eigenvalue weighted by atomic mass is 10.2. The number of rotatable bonds is 5. The van der Waals surface area contributed by atoms with Crippen LogP contribution in [0.2, 0.25) is 0 Å². The summed E-state index contributed by atoms with van der Waals surface area (Å²) in [5.74, 6) is 0.213. The van der Waals surface area contributed by atoms with Crippen LogP contribution in [0, 0.1) is 0 Å². The van der Waals surface area contributed by atoms with Crippen LogP contribution < -0.4 is 9.64 Å². The van der Waals surface area contributed by atoms with Crippen LogP contribution in [0.25, 0.3) is 10.9 Å². The minimum atomic E-state index is -0.479. The maximum atomic E-state index is 12.4. The van der Waals surface area contributed by atoms with Crippen molar-refractivity contribution in [2.75, 3.05) is 20.2 Å². The molecule has 0 atom stereocenters. The average molecular weight is 458 g/mol. The van der Waals surface area contributed by atoms with Gasteiger partial charge in [-0.3, -0.25) is 9.36 Å². The van der Waals surface area contributed by atoms with E-state index in [1.54, 1.807) is 31.4 Å². The Balaban J connectivity index is 1.68. The number of amides is 1. The van der Waals surface area contributed by atoms with Gasteiger partial charge in [0.1, 0.15) is 5.75 Å². The number of fused-ring (bicyclic) bond motifs is 1. The van der Waals surface area contributed by atoms with E-state index >= 15 is 0 Å². The number of hydrogen-bond donors (Lipinski definition) is 2. The van der Waals surface area contributed by atoms with Crippen LogP contribution in [-0.2, 0) is 6.67 Å². The molecule has 0 aliphatic carbocycles. The molecule has 0 spiro atoms. The zero-order valence-corrected chi connectivity index (χ0v) is 17.6. The summed E-state index contributed by atoms with van der Waals surface area (Å²) in [6.45, 7) is 2.83. The molecule has 4 rings (SSSR count). The summed E-state index contributed by atoms with van der Waals surface area (Å²) in [6, 6.07) is 12.4. The summed E-state index contributed by atoms with van der Waals surface area (Å²) in [7, 11) is 1.57. The summed E-state index contributed by atoms with van der Waals surface area (Å²) < 4.78 is 7.83. The molecule has 150 valence electrons. The molecule has 1 aliphatic rings. The lowest BCUT2D eigenvalue weighted by Crippen LogP contribution is -3.09. The first kappa shape index (κ1) is 19.6. The van der Waals surface area contributed by atoms with Crippen LogP contribution in [0.3, 0.4) is 0 Å². The Morgan fingerprint density at radius 1 is 1.21 bits per heavy atom. The van der Waals surface area contributed by atoms with Crippen LogP contribution in [0.1, 0.15) is 23.2 Å². The minimum Gasteiger partial charge on any atom is -0.497 e. The second kappa shape index (κ2) is 8.34. The molecule has 0 radical (unpaired) electrons. The second-order valence-electron chi connectivity index (χ2n) is 7.11. The molecule has 2 aromatic carbocycles. The van der Waals surface area contributed by atoms with Gasteiger partial charge in [0.25, 0.3) is 5.91 Å². The number of nitrogens with one attached hydrogen (secondary N) is 1. The SMILES string of the molecule is COc1ccc(C(=O)N=Nc2c(O)n(C[NH+]3CCCC3)c3ccc(Br)cc23)cc1. The highest BCUT2D eigenvalue weighted by Crippen LogP contribution is 2.39. The lowest BCUT2D eigenvalue weighted by Gasteiger charge is -2.14. The van der Waals surface area contributed by atoms with Crippen LogP contribution in [-0.4, -0.2) is 35.8 Å². The van der Waals surface area contributed by atoms with Crippen molar-refractivity contribution in [3.63, 3.8) is 0 Å². The fourth-order valence-corrected chi connectivity index (χ4v) is 4.06. The number of nitrogens with zero attached hydrogens (tertiary/aromatic N) is 3. The fraction of sp³-hybridized carbons (Fsp3) is 0.286. The van der Waals surface area contributed by atoms with Crippen LogP contribution >= 0.6 is 15.9 Å². The highest BCUT2D eigenvalue weighted by molar-refractivity contribution is 9.10. The summed E-state index contributed by atoms with van der Waals surface area (Å²) in [4.78, 5) is 13.8. The molecule has 8 heteroatoms. The molecular formula is C21H22BrN4O3+. The van der Waals surface area contributed by atoms with E-state index in [4.69, 9.17) is 4.74 Å². The van der Waals surface area contributed by atoms with Gasteiger partial charge in [0.15, 0.2) is 12.4 Å². The summed E-state index contributed by atoms with van der Waals surface area (Å²) >= 11 is 3.47. The molecule has 3 aromatic rings. The van der Waals surface area contributed by atoms with Gasteiger partial charge in [-0.2, -0.15) is 0 Å². The molecule has 2 heterocycles. The van der Waals surface area contributed by atoms with E-state index in [1.807, 2.05) is 22.8 Å². The minimum absolute atomic E-state index is 0.0313. The highest BCUT2D eigenvalue weighted by Gasteiger charge is 2.22. The Labute approximate surface area is 176 Å². The third-order valence-electron chi connectivity index (χ3n) is 5.24. The largest absolute Gasteiger partial charge is 0.497 e. The van der Waals surface area contributed by atoms with Gasteiger partial charge in [-0.05, 0) is 42.5 Å². The van der Waals surface area contributed by atoms with Gasteiger partial charge >= 0.3 is 0 Å². The van der Waals surface area contributed by atoms with Gasteiger partial charge in [0.05, 0.1) is 25.7 Å². The maximum absolute atomic E-state index is 12.4. The Hall–Kier alpha value is -2.71. The van der Waals surface area contributed by atoms with E-state index in [1.165, 1.54) is 17.7 Å². The Morgan fingerprint density at radius 2 is 1.93 bits per heavy atom. The van der Waals surface area contributed by atoms with E-state index < -0.39 is 5.91 Å². The highest BCUT2D eigenvalue weighted by atomic mass is 79.9. The zero-order chi connectivity index (χ0) is 20.4. The number of halogens is 1. The number of likely N-dealkylation sites (tertiary alicyclic amines) is 1. The van der Waals surface area contributed by atoms with Gasteiger partial charge in [0.2, 0.25) is 5.88 Å². The number of quaternary nitrogens is 1. The Morgan fingerprint density at radius 3 is 2.62 bits per heavy atom. The summed E-state index contributed by atoms with van der Waals surface area (Å²) in [5, 5.41) is 19.6. The number of carbonyl (C=O) groups excluding carboxylic acids is 1. The Kier molecular flexibility index (Phi) is 5.64. The molecule has 1 saturated heterocycles. The summed E-state index contributed by atoms with van der Waals surface area (Å²) in [6.07, 6.45) is 2.40. The van der Waals surface area contributed by atoms with Crippen molar-refractivity contribution in [2.24, 2.45) is 10.2 Å². The van der Waals surface area contributed by atoms with Crippen molar-refractivity contribution >= 4 is 38.4 Å². The molecule has 1 fully saturated rings. The topological polar surface area (TPSA) is 80.6 Å². The second-order valence-corrected chi connectivity index (χ2v) is 8.03. The molecule has 0 saturated carbocycles. The number of ether oxygens (including phenoxy) is 1. The van der Waals surface area contributed by atoms with Crippen LogP contribution in [0.5, 0.6) is 11.6 Å². The normalized spacial score (nSPS) is 14.8. The maximum Gasteiger partial charge on any atom is 0.295 e. The van der Waals surface area contributed by atoms with E-state index in [-0.39, 0.29) is 5.88 Å². The number of aromatic nitrogens is 1. The quantitative estimate of drug-likeness (QED) is 0.573. The molecule has 7 nitrogen and oxygen atoms in total. The molecule has 1 aliphatic heterocycles. The van der Waals surface area contributed by atoms with E-state index in [9.17, 15) is 9.90 Å². The fourth-order valence-electron chi connectivity index (χ4n) is 3.70. The standard InChI is InChI=1S/C21H21BrN4O3/c1-29-16-7-4-14(5-8-16)20(27)24-23-19-17-12-15(22)6-9-18(17)26(21(19)28)13-25-10-2-3-11-25/h4-9,12,28H,2-3,10-11,13H2,1H3/p+1. The number of methoxy groups -OCH3 is 1. The van der Waals surface area contributed by atoms with Gasteiger partial charge in [-0.15, -0.1) is 10.2 Å². The van der Waals surface area contributed by atoms with E-state index in [2.05, 4.69) is 26.2 Å². The first-order valence-electron chi connectivity index (χ1n) is 9.51. The molecule has 29 heavy (non-hydrogen) atoms. The Bertz CT molecular complexity index is 1070. The third kappa shape index (κ3) is 4.04. The number of benzene rings is 2. The molecule has 0 bridgehead atoms. The van der Waals surface area contributed by atoms with Crippen molar-refractivity contribution in [2.45, 2.75) is 19.5 Å². The number of carbonyl (C=O) groups is 1. The van der Waals surface area contributed by atoms with Gasteiger partial charge in [-0.1, -0.05) is 15.9 Å². The van der Waals surface area contributed by atoms with Crippen molar-refractivity contribution in [1.29, 1.82) is 0 Å². The smallest absolute Gasteiger partial charge is 0.295 e. The molecule has 1 amide bonds. The van der Waals surface area contributed by atoms with Crippen molar-refractivity contribution in [3.8, 4) is 11.6 Å². The number of azo groups is 1. The molecule has 2 N–H and O–H groups in total. The molecule has 0 unspecified atom stereocenters. The predicted octanol–water partition coefficient (Wildman–Crippen LogP) is 3.68. The summed E-state index contributed by atoms with van der Waals surface area (Å²) in [5.41, 5.74) is 1.58. The molecular weight excluding hydrogens is 436 g/mol. The van der Waals surface area contributed by atoms with Gasteiger partial charge < -0.3 is 14.7 Å². The zero-order valence-electron chi connectivity index (χ0n) is 16.1. The number of aromatic hydroxyl groups is 1. The third-order valence-corrected chi connectivity index (χ3v) is 5.74. The van der Waals surface area contributed by atoms with E-state index in [0.29, 0.717) is 23.7 Å². The van der Waals surface area contributed by atoms with E-state index in [0.717, 1.165) is 28.5 Å². The lowest BCUT2D eigenvalue weighted by molar-refractivity contribution is -0.910.